The van der Waals surface area contributed by atoms with Crippen LogP contribution < -0.4 is 10.2 Å². The number of carboxylic acids is 1. The number of rotatable bonds is 4. The molecule has 1 aromatic heterocycles. The zero-order chi connectivity index (χ0) is 23.2. The molecule has 2 heterocycles. The van der Waals surface area contributed by atoms with Crippen molar-refractivity contribution >= 4 is 16.9 Å². The fraction of sp³-hybridized carbons (Fsp3) is 0.238. The van der Waals surface area contributed by atoms with Crippen molar-refractivity contribution in [1.82, 2.24) is 0 Å². The second-order valence-electron chi connectivity index (χ2n) is 7.14. The predicted octanol–water partition coefficient (Wildman–Crippen LogP) is 0.142. The highest BCUT2D eigenvalue weighted by Gasteiger charge is 2.48. The van der Waals surface area contributed by atoms with Gasteiger partial charge in [-0.1, -0.05) is 30.3 Å². The molecular weight excluding hydrogens is 428 g/mol. The summed E-state index contributed by atoms with van der Waals surface area (Å²) < 4.78 is 16.0. The predicted molar refractivity (Wildman–Crippen MR) is 106 cm³/mol. The molecule has 1 aliphatic heterocycles. The van der Waals surface area contributed by atoms with Crippen LogP contribution in [-0.2, 0) is 9.53 Å². The van der Waals surface area contributed by atoms with Crippen molar-refractivity contribution in [2.75, 3.05) is 0 Å². The Hall–Kier alpha value is -3.64. The van der Waals surface area contributed by atoms with Gasteiger partial charge in [-0.2, -0.15) is 0 Å². The van der Waals surface area contributed by atoms with Crippen molar-refractivity contribution < 1.29 is 49.3 Å². The lowest BCUT2D eigenvalue weighted by molar-refractivity contribution is -0.271. The van der Waals surface area contributed by atoms with Crippen molar-refractivity contribution in [3.8, 4) is 28.6 Å². The van der Waals surface area contributed by atoms with Gasteiger partial charge in [-0.25, -0.2) is 4.79 Å². The van der Waals surface area contributed by atoms with E-state index < -0.39 is 59.4 Å². The van der Waals surface area contributed by atoms with E-state index >= 15 is 0 Å². The van der Waals surface area contributed by atoms with Crippen LogP contribution >= 0.6 is 0 Å². The molecule has 4 rings (SSSR count). The van der Waals surface area contributed by atoms with Gasteiger partial charge in [0, 0.05) is 17.7 Å². The maximum atomic E-state index is 12.5. The molecule has 0 aliphatic carbocycles. The lowest BCUT2D eigenvalue weighted by Gasteiger charge is -2.38. The van der Waals surface area contributed by atoms with Crippen LogP contribution in [0.4, 0.5) is 0 Å². The average molecular weight is 446 g/mol. The molecule has 0 unspecified atom stereocenters. The van der Waals surface area contributed by atoms with Crippen molar-refractivity contribution in [3.63, 3.8) is 0 Å². The van der Waals surface area contributed by atoms with Gasteiger partial charge in [-0.3, -0.25) is 4.79 Å². The maximum Gasteiger partial charge on any atom is 0.335 e. The molecule has 5 atom stereocenters. The monoisotopic (exact) mass is 446 g/mol. The van der Waals surface area contributed by atoms with Crippen LogP contribution in [0, 0.1) is 0 Å². The number of fused-ring (bicyclic) bond motifs is 1. The highest BCUT2D eigenvalue weighted by molar-refractivity contribution is 5.89. The number of aliphatic hydroxyl groups excluding tert-OH is 3. The van der Waals surface area contributed by atoms with Crippen LogP contribution in [0.5, 0.6) is 17.2 Å². The zero-order valence-electron chi connectivity index (χ0n) is 16.2. The summed E-state index contributed by atoms with van der Waals surface area (Å²) in [6.07, 6.45) is -9.56. The first-order chi connectivity index (χ1) is 15.2. The van der Waals surface area contributed by atoms with E-state index in [9.17, 15) is 35.1 Å². The van der Waals surface area contributed by atoms with Crippen LogP contribution in [-0.4, -0.2) is 67.3 Å². The third kappa shape index (κ3) is 3.63. The summed E-state index contributed by atoms with van der Waals surface area (Å²) in [5.41, 5.74) is -0.265. The lowest BCUT2D eigenvalue weighted by atomic mass is 9.99. The number of aliphatic hydroxyl groups is 3. The van der Waals surface area contributed by atoms with Crippen molar-refractivity contribution in [3.05, 3.63) is 52.7 Å². The topological polar surface area (TPSA) is 187 Å². The smallest absolute Gasteiger partial charge is 0.335 e. The highest BCUT2D eigenvalue weighted by Crippen LogP contribution is 2.42. The molecule has 1 saturated heterocycles. The number of hydrogen-bond donors (Lipinski definition) is 6. The molecule has 3 aromatic rings. The number of ether oxygens (including phenoxy) is 2. The van der Waals surface area contributed by atoms with Crippen LogP contribution in [0.15, 0.2) is 51.7 Å². The number of aliphatic carboxylic acids is 1. The Morgan fingerprint density at radius 1 is 0.938 bits per heavy atom. The Bertz CT molecular complexity index is 1220. The summed E-state index contributed by atoms with van der Waals surface area (Å²) >= 11 is 0. The van der Waals surface area contributed by atoms with E-state index in [1.54, 1.807) is 30.3 Å². The van der Waals surface area contributed by atoms with Gasteiger partial charge in [0.05, 0.1) is 0 Å². The minimum atomic E-state index is -1.94. The molecule has 32 heavy (non-hydrogen) atoms. The van der Waals surface area contributed by atoms with Crippen molar-refractivity contribution in [2.24, 2.45) is 0 Å². The molecule has 0 amide bonds. The van der Waals surface area contributed by atoms with Gasteiger partial charge in [-0.05, 0) is 0 Å². The molecule has 11 nitrogen and oxygen atoms in total. The van der Waals surface area contributed by atoms with Gasteiger partial charge in [0.25, 0.3) is 0 Å². The SMILES string of the molecule is O=C(O)[C@H]1O[C@H](Oc2cc3oc(-c4ccccc4)cc(=O)c3c(O)c2O)[C@@H](O)[C@H](O)[C@@H]1O. The first kappa shape index (κ1) is 21.6. The van der Waals surface area contributed by atoms with Gasteiger partial charge in [-0.15, -0.1) is 0 Å². The number of aromatic hydroxyl groups is 2. The first-order valence-electron chi connectivity index (χ1n) is 9.36. The van der Waals surface area contributed by atoms with E-state index in [0.29, 0.717) is 5.56 Å². The Balaban J connectivity index is 1.77. The first-order valence-corrected chi connectivity index (χ1v) is 9.36. The van der Waals surface area contributed by atoms with E-state index in [-0.39, 0.29) is 16.7 Å². The molecule has 1 fully saturated rings. The Labute approximate surface area is 178 Å². The van der Waals surface area contributed by atoms with E-state index in [2.05, 4.69) is 0 Å². The summed E-state index contributed by atoms with van der Waals surface area (Å²) in [6.45, 7) is 0. The van der Waals surface area contributed by atoms with E-state index in [1.807, 2.05) is 0 Å². The van der Waals surface area contributed by atoms with Crippen LogP contribution in [0.2, 0.25) is 0 Å². The second kappa shape index (κ2) is 8.13. The van der Waals surface area contributed by atoms with E-state index in [4.69, 9.17) is 19.0 Å². The van der Waals surface area contributed by atoms with Crippen LogP contribution in [0.3, 0.4) is 0 Å². The fourth-order valence-electron chi connectivity index (χ4n) is 3.38. The average Bonchev–Trinajstić information content (AvgIpc) is 2.77. The van der Waals surface area contributed by atoms with Crippen molar-refractivity contribution in [2.45, 2.75) is 30.7 Å². The summed E-state index contributed by atoms with van der Waals surface area (Å²) in [7, 11) is 0. The van der Waals surface area contributed by atoms with Gasteiger partial charge in [0.2, 0.25) is 12.0 Å². The zero-order valence-corrected chi connectivity index (χ0v) is 16.2. The molecule has 0 bridgehead atoms. The third-order valence-electron chi connectivity index (χ3n) is 5.05. The summed E-state index contributed by atoms with van der Waals surface area (Å²) in [6, 6.07) is 10.8. The number of phenolic OH excluding ortho intramolecular Hbond substituents is 2. The highest BCUT2D eigenvalue weighted by atomic mass is 16.7. The molecule has 1 aliphatic rings. The molecule has 168 valence electrons. The van der Waals surface area contributed by atoms with Gasteiger partial charge >= 0.3 is 5.97 Å². The van der Waals surface area contributed by atoms with Gasteiger partial charge in [0.1, 0.15) is 35.0 Å². The van der Waals surface area contributed by atoms with E-state index in [1.165, 1.54) is 0 Å². The second-order valence-corrected chi connectivity index (χ2v) is 7.14. The molecule has 6 N–H and O–H groups in total. The van der Waals surface area contributed by atoms with Crippen molar-refractivity contribution in [1.29, 1.82) is 0 Å². The van der Waals surface area contributed by atoms with Crippen LogP contribution in [0.25, 0.3) is 22.3 Å². The van der Waals surface area contributed by atoms with Crippen LogP contribution in [0.1, 0.15) is 0 Å². The minimum Gasteiger partial charge on any atom is -0.504 e. The van der Waals surface area contributed by atoms with Gasteiger partial charge in [0.15, 0.2) is 23.0 Å². The number of hydrogen-bond acceptors (Lipinski definition) is 10. The Morgan fingerprint density at radius 2 is 1.62 bits per heavy atom. The molecule has 11 heteroatoms. The maximum absolute atomic E-state index is 12.5. The quantitative estimate of drug-likeness (QED) is 0.299. The molecule has 0 spiro atoms. The largest absolute Gasteiger partial charge is 0.504 e. The van der Waals surface area contributed by atoms with Gasteiger partial charge < -0.3 is 44.5 Å². The number of benzene rings is 2. The summed E-state index contributed by atoms with van der Waals surface area (Å²) in [4.78, 5) is 23.8. The summed E-state index contributed by atoms with van der Waals surface area (Å²) in [5, 5.41) is 59.2. The minimum absolute atomic E-state index is 0.164. The molecule has 0 saturated carbocycles. The Kier molecular flexibility index (Phi) is 5.48. The Morgan fingerprint density at radius 3 is 2.28 bits per heavy atom. The molecule has 0 radical (unpaired) electrons. The van der Waals surface area contributed by atoms with E-state index in [0.717, 1.165) is 12.1 Å². The normalized spacial score (nSPS) is 25.5. The number of carbonyl (C=O) groups is 1. The summed E-state index contributed by atoms with van der Waals surface area (Å²) in [5.74, 6) is -3.76. The number of carboxylic acid groups (broad SMARTS) is 1. The number of phenols is 2. The fourth-order valence-corrected chi connectivity index (χ4v) is 3.38. The lowest BCUT2D eigenvalue weighted by Crippen LogP contribution is -2.61. The standard InChI is InChI=1S/C21H18O11/c22-9-6-10(8-4-2-1-3-5-8)30-11-7-12(14(23)15(24)13(9)11)31-21-18(27)16(25)17(26)19(32-21)20(28)29/h1-7,16-19,21,23-27H,(H,28,29)/t16-,17+,18+,19+,21+/m1/s1. The molecule has 2 aromatic carbocycles. The third-order valence-corrected chi connectivity index (χ3v) is 5.05. The molecular formula is C21H18O11.